The summed E-state index contributed by atoms with van der Waals surface area (Å²) >= 11 is 1.44. The van der Waals surface area contributed by atoms with Gasteiger partial charge in [0.25, 0.3) is 0 Å². The fraction of sp³-hybridized carbons (Fsp3) is 0.421. The molecule has 0 unspecified atom stereocenters. The van der Waals surface area contributed by atoms with Gasteiger partial charge in [0.15, 0.2) is 0 Å². The topological polar surface area (TPSA) is 94.8 Å². The minimum atomic E-state index is -0.595. The Morgan fingerprint density at radius 3 is 2.70 bits per heavy atom. The number of ether oxygens (including phenoxy) is 2. The number of carbonyl (C=O) groups is 3. The lowest BCUT2D eigenvalue weighted by Crippen LogP contribution is -2.19. The van der Waals surface area contributed by atoms with Gasteiger partial charge in [-0.15, -0.1) is 11.3 Å². The fourth-order valence-electron chi connectivity index (χ4n) is 2.84. The average Bonchev–Trinajstić information content (AvgIpc) is 3.34. The number of amides is 1. The molecule has 0 saturated heterocycles. The number of methoxy groups -OCH3 is 1. The molecule has 0 spiro atoms. The second-order valence-corrected chi connectivity index (χ2v) is 7.64. The third kappa shape index (κ3) is 4.05. The standard InChI is InChI=1S/C19H21NO6S/c1-10(2)16(21)20-17-15(12-5-4-6-14(12)27-17)19(23)25-9-11-7-8-13(26-11)18(22)24-3/h7-8,10H,4-6,9H2,1-3H3,(H,20,21). The van der Waals surface area contributed by atoms with Crippen molar-refractivity contribution in [2.24, 2.45) is 5.92 Å². The first kappa shape index (κ1) is 19.2. The van der Waals surface area contributed by atoms with Crippen LogP contribution in [0, 0.1) is 5.92 Å². The van der Waals surface area contributed by atoms with Gasteiger partial charge in [-0.2, -0.15) is 0 Å². The molecule has 1 N–H and O–H groups in total. The zero-order valence-corrected chi connectivity index (χ0v) is 16.2. The summed E-state index contributed by atoms with van der Waals surface area (Å²) in [6, 6.07) is 3.02. The summed E-state index contributed by atoms with van der Waals surface area (Å²) in [6.07, 6.45) is 2.68. The third-order valence-corrected chi connectivity index (χ3v) is 5.49. The Morgan fingerprint density at radius 1 is 1.22 bits per heavy atom. The van der Waals surface area contributed by atoms with Crippen LogP contribution in [0.15, 0.2) is 16.5 Å². The average molecular weight is 391 g/mol. The molecule has 0 fully saturated rings. The smallest absolute Gasteiger partial charge is 0.373 e. The first-order valence-electron chi connectivity index (χ1n) is 8.70. The van der Waals surface area contributed by atoms with Crippen molar-refractivity contribution in [2.45, 2.75) is 39.7 Å². The molecular weight excluding hydrogens is 370 g/mol. The van der Waals surface area contributed by atoms with Gasteiger partial charge in [0.1, 0.15) is 17.4 Å². The quantitative estimate of drug-likeness (QED) is 0.757. The number of furan rings is 1. The van der Waals surface area contributed by atoms with Gasteiger partial charge in [-0.3, -0.25) is 4.79 Å². The van der Waals surface area contributed by atoms with Gasteiger partial charge in [-0.1, -0.05) is 13.8 Å². The van der Waals surface area contributed by atoms with Gasteiger partial charge in [-0.25, -0.2) is 9.59 Å². The largest absolute Gasteiger partial charge is 0.463 e. The summed E-state index contributed by atoms with van der Waals surface area (Å²) in [5.74, 6) is -1.05. The highest BCUT2D eigenvalue weighted by Gasteiger charge is 2.29. The lowest BCUT2D eigenvalue weighted by Gasteiger charge is -2.09. The number of nitrogens with one attached hydrogen (secondary N) is 1. The maximum atomic E-state index is 12.7. The Labute approximate surface area is 160 Å². The van der Waals surface area contributed by atoms with E-state index in [0.29, 0.717) is 16.3 Å². The maximum absolute atomic E-state index is 12.7. The molecular formula is C19H21NO6S. The fourth-order valence-corrected chi connectivity index (χ4v) is 4.12. The van der Waals surface area contributed by atoms with E-state index < -0.39 is 11.9 Å². The van der Waals surface area contributed by atoms with Crippen molar-refractivity contribution in [3.63, 3.8) is 0 Å². The van der Waals surface area contributed by atoms with Crippen molar-refractivity contribution in [3.05, 3.63) is 39.7 Å². The minimum absolute atomic E-state index is 0.0462. The lowest BCUT2D eigenvalue weighted by molar-refractivity contribution is -0.118. The van der Waals surface area contributed by atoms with E-state index in [1.807, 2.05) is 0 Å². The number of fused-ring (bicyclic) bond motifs is 1. The number of anilines is 1. The molecule has 0 aliphatic heterocycles. The molecule has 2 heterocycles. The number of carbonyl (C=O) groups excluding carboxylic acids is 3. The summed E-state index contributed by atoms with van der Waals surface area (Å²) in [4.78, 5) is 37.3. The predicted octanol–water partition coefficient (Wildman–Crippen LogP) is 3.57. The second kappa shape index (κ2) is 7.96. The normalized spacial score (nSPS) is 12.7. The van der Waals surface area contributed by atoms with Crippen molar-refractivity contribution in [1.29, 1.82) is 0 Å². The molecule has 0 radical (unpaired) electrons. The molecule has 2 aromatic rings. The van der Waals surface area contributed by atoms with Crippen LogP contribution in [-0.2, 0) is 33.7 Å². The zero-order chi connectivity index (χ0) is 19.6. The van der Waals surface area contributed by atoms with Crippen LogP contribution < -0.4 is 5.32 Å². The van der Waals surface area contributed by atoms with Crippen molar-refractivity contribution < 1.29 is 28.3 Å². The van der Waals surface area contributed by atoms with E-state index in [9.17, 15) is 14.4 Å². The monoisotopic (exact) mass is 391 g/mol. The van der Waals surface area contributed by atoms with Gasteiger partial charge in [0, 0.05) is 10.8 Å². The number of rotatable bonds is 6. The first-order valence-corrected chi connectivity index (χ1v) is 9.52. The van der Waals surface area contributed by atoms with Crippen LogP contribution in [0.1, 0.15) is 57.4 Å². The summed E-state index contributed by atoms with van der Waals surface area (Å²) in [7, 11) is 1.26. The van der Waals surface area contributed by atoms with Crippen molar-refractivity contribution in [2.75, 3.05) is 12.4 Å². The van der Waals surface area contributed by atoms with Crippen molar-refractivity contribution in [1.82, 2.24) is 0 Å². The molecule has 1 aliphatic rings. The van der Waals surface area contributed by atoms with E-state index in [4.69, 9.17) is 9.15 Å². The molecule has 144 valence electrons. The van der Waals surface area contributed by atoms with Crippen LogP contribution in [0.2, 0.25) is 0 Å². The predicted molar refractivity (Wildman–Crippen MR) is 99.0 cm³/mol. The molecule has 27 heavy (non-hydrogen) atoms. The van der Waals surface area contributed by atoms with Gasteiger partial charge >= 0.3 is 11.9 Å². The van der Waals surface area contributed by atoms with Gasteiger partial charge in [-0.05, 0) is 37.0 Å². The number of hydrogen-bond acceptors (Lipinski definition) is 7. The number of aryl methyl sites for hydroxylation is 1. The van der Waals surface area contributed by atoms with E-state index in [-0.39, 0.29) is 24.2 Å². The van der Waals surface area contributed by atoms with Gasteiger partial charge in [0.05, 0.1) is 12.7 Å². The van der Waals surface area contributed by atoms with E-state index >= 15 is 0 Å². The summed E-state index contributed by atoms with van der Waals surface area (Å²) in [5.41, 5.74) is 1.39. The Hall–Kier alpha value is -2.61. The Morgan fingerprint density at radius 2 is 2.00 bits per heavy atom. The molecule has 7 nitrogen and oxygen atoms in total. The summed E-state index contributed by atoms with van der Waals surface area (Å²) in [6.45, 7) is 3.48. The second-order valence-electron chi connectivity index (χ2n) is 6.54. The van der Waals surface area contributed by atoms with Crippen LogP contribution in [-0.4, -0.2) is 25.0 Å². The molecule has 1 amide bonds. The molecule has 0 saturated carbocycles. The third-order valence-electron chi connectivity index (χ3n) is 4.28. The van der Waals surface area contributed by atoms with Crippen LogP contribution in [0.5, 0.6) is 0 Å². The molecule has 0 aromatic carbocycles. The first-order chi connectivity index (χ1) is 12.9. The SMILES string of the molecule is COC(=O)c1ccc(COC(=O)c2c(NC(=O)C(C)C)sc3c2CCC3)o1. The van der Waals surface area contributed by atoms with Crippen LogP contribution in [0.4, 0.5) is 5.00 Å². The maximum Gasteiger partial charge on any atom is 0.373 e. The number of hydrogen-bond donors (Lipinski definition) is 1. The lowest BCUT2D eigenvalue weighted by atomic mass is 10.1. The van der Waals surface area contributed by atoms with E-state index in [0.717, 1.165) is 29.7 Å². The summed E-state index contributed by atoms with van der Waals surface area (Å²) in [5, 5.41) is 3.38. The molecule has 2 aromatic heterocycles. The van der Waals surface area contributed by atoms with Crippen molar-refractivity contribution >= 4 is 34.2 Å². The Kier molecular flexibility index (Phi) is 5.65. The highest BCUT2D eigenvalue weighted by atomic mass is 32.1. The highest BCUT2D eigenvalue weighted by Crippen LogP contribution is 2.39. The molecule has 0 atom stereocenters. The Balaban J connectivity index is 1.75. The van der Waals surface area contributed by atoms with E-state index in [1.54, 1.807) is 19.9 Å². The van der Waals surface area contributed by atoms with Crippen LogP contribution >= 0.6 is 11.3 Å². The molecule has 0 bridgehead atoms. The Bertz CT molecular complexity index is 879. The minimum Gasteiger partial charge on any atom is -0.463 e. The van der Waals surface area contributed by atoms with Gasteiger partial charge < -0.3 is 19.2 Å². The molecule has 1 aliphatic carbocycles. The van der Waals surface area contributed by atoms with Gasteiger partial charge in [0.2, 0.25) is 11.7 Å². The molecule has 8 heteroatoms. The molecule has 3 rings (SSSR count). The van der Waals surface area contributed by atoms with E-state index in [1.165, 1.54) is 24.5 Å². The number of esters is 2. The van der Waals surface area contributed by atoms with Crippen LogP contribution in [0.25, 0.3) is 0 Å². The van der Waals surface area contributed by atoms with Crippen LogP contribution in [0.3, 0.4) is 0 Å². The van der Waals surface area contributed by atoms with Crippen molar-refractivity contribution in [3.8, 4) is 0 Å². The number of thiophene rings is 1. The summed E-state index contributed by atoms with van der Waals surface area (Å²) < 4.78 is 15.3. The zero-order valence-electron chi connectivity index (χ0n) is 15.4. The van der Waals surface area contributed by atoms with E-state index in [2.05, 4.69) is 10.1 Å². The highest BCUT2D eigenvalue weighted by molar-refractivity contribution is 7.17.